The van der Waals surface area contributed by atoms with Crippen molar-refractivity contribution in [1.82, 2.24) is 0 Å². The summed E-state index contributed by atoms with van der Waals surface area (Å²) < 4.78 is 77.7. The summed E-state index contributed by atoms with van der Waals surface area (Å²) in [4.78, 5) is 11.4. The lowest BCUT2D eigenvalue weighted by Gasteiger charge is -2.29. The van der Waals surface area contributed by atoms with E-state index >= 15 is 0 Å². The Morgan fingerprint density at radius 1 is 1.30 bits per heavy atom. The quantitative estimate of drug-likeness (QED) is 0.411. The third-order valence-electron chi connectivity index (χ3n) is 2.66. The van der Waals surface area contributed by atoms with Gasteiger partial charge in [-0.25, -0.2) is 8.98 Å². The second kappa shape index (κ2) is 4.55. The third kappa shape index (κ3) is 2.75. The fraction of sp³-hybridized carbons (Fsp3) is 0.889. The number of esters is 1. The Balaban J connectivity index is 2.24. The average Bonchev–Trinajstić information content (AvgIpc) is 2.56. The Morgan fingerprint density at radius 2 is 1.90 bits per heavy atom. The molecular weight excluding hydrogens is 309 g/mol. The maximum absolute atomic E-state index is 12.3. The summed E-state index contributed by atoms with van der Waals surface area (Å²) in [5.74, 6) is -2.44. The van der Waals surface area contributed by atoms with Gasteiger partial charge in [-0.1, -0.05) is 0 Å². The summed E-state index contributed by atoms with van der Waals surface area (Å²) >= 11 is 0. The molecule has 0 radical (unpaired) electrons. The van der Waals surface area contributed by atoms with Gasteiger partial charge >= 0.3 is 21.6 Å². The van der Waals surface area contributed by atoms with Gasteiger partial charge < -0.3 is 14.2 Å². The van der Waals surface area contributed by atoms with Crippen molar-refractivity contribution in [3.8, 4) is 0 Å². The first kappa shape index (κ1) is 15.5. The van der Waals surface area contributed by atoms with Crippen LogP contribution in [0.25, 0.3) is 0 Å². The Bertz CT molecular complexity index is 512. The number of fused-ring (bicyclic) bond motifs is 1. The van der Waals surface area contributed by atoms with E-state index in [1.807, 2.05) is 0 Å². The smallest absolute Gasteiger partial charge is 0.461 e. The molecular formula is C9H11F3O7S. The summed E-state index contributed by atoms with van der Waals surface area (Å²) in [5.41, 5.74) is -5.64. The van der Waals surface area contributed by atoms with Gasteiger partial charge in [0.05, 0.1) is 0 Å². The highest BCUT2D eigenvalue weighted by atomic mass is 32.2. The van der Waals surface area contributed by atoms with E-state index in [1.165, 1.54) is 13.8 Å². The van der Waals surface area contributed by atoms with Crippen LogP contribution in [0.3, 0.4) is 0 Å². The third-order valence-corrected chi connectivity index (χ3v) is 3.68. The monoisotopic (exact) mass is 320 g/mol. The van der Waals surface area contributed by atoms with Gasteiger partial charge in [-0.05, 0) is 13.8 Å². The number of cyclic esters (lactones) is 1. The topological polar surface area (TPSA) is 88.1 Å². The van der Waals surface area contributed by atoms with Crippen LogP contribution in [0.4, 0.5) is 13.2 Å². The minimum Gasteiger partial charge on any atom is -0.461 e. The number of halogens is 3. The van der Waals surface area contributed by atoms with Gasteiger partial charge in [0, 0.05) is 0 Å². The first-order chi connectivity index (χ1) is 8.93. The Kier molecular flexibility index (Phi) is 3.52. The molecule has 3 atom stereocenters. The van der Waals surface area contributed by atoms with E-state index in [-0.39, 0.29) is 6.61 Å². The highest BCUT2D eigenvalue weighted by Crippen LogP contribution is 2.36. The summed E-state index contributed by atoms with van der Waals surface area (Å²) in [6.07, 6.45) is -4.23. The van der Waals surface area contributed by atoms with E-state index < -0.39 is 45.7 Å². The lowest BCUT2D eigenvalue weighted by atomic mass is 10.1. The molecule has 20 heavy (non-hydrogen) atoms. The minimum atomic E-state index is -5.94. The highest BCUT2D eigenvalue weighted by molar-refractivity contribution is 7.87. The van der Waals surface area contributed by atoms with Crippen molar-refractivity contribution in [2.75, 3.05) is 6.61 Å². The van der Waals surface area contributed by atoms with Gasteiger partial charge in [0.15, 0.2) is 5.79 Å². The van der Waals surface area contributed by atoms with Crippen molar-refractivity contribution in [2.45, 2.75) is 43.5 Å². The van der Waals surface area contributed by atoms with Crippen LogP contribution >= 0.6 is 0 Å². The van der Waals surface area contributed by atoms with E-state index in [4.69, 9.17) is 9.47 Å². The van der Waals surface area contributed by atoms with Crippen molar-refractivity contribution >= 4 is 16.1 Å². The molecule has 0 aliphatic carbocycles. The molecule has 0 spiro atoms. The normalized spacial score (nSPS) is 33.6. The zero-order chi connectivity index (χ0) is 15.3. The van der Waals surface area contributed by atoms with Crippen LogP contribution < -0.4 is 0 Å². The number of alkyl halides is 3. The Hall–Kier alpha value is -0.910. The molecule has 0 aromatic carbocycles. The molecule has 116 valence electrons. The molecule has 0 aromatic rings. The summed E-state index contributed by atoms with van der Waals surface area (Å²) in [5, 5.41) is 0. The second-order valence-corrected chi connectivity index (χ2v) is 6.25. The number of hydrogen-bond acceptors (Lipinski definition) is 7. The van der Waals surface area contributed by atoms with Crippen LogP contribution in [0.2, 0.25) is 0 Å². The van der Waals surface area contributed by atoms with Gasteiger partial charge in [0.2, 0.25) is 6.10 Å². The van der Waals surface area contributed by atoms with Gasteiger partial charge in [-0.2, -0.15) is 21.6 Å². The number of ether oxygens (including phenoxy) is 3. The molecule has 0 saturated carbocycles. The highest BCUT2D eigenvalue weighted by Gasteiger charge is 2.57. The molecule has 2 heterocycles. The van der Waals surface area contributed by atoms with E-state index in [0.29, 0.717) is 0 Å². The standard InChI is InChI=1S/C9H11F3O7S/c1-8(2)17-4-3-16-7(13)6(5(4)18-8)19-20(14,15)9(10,11)12/h4-6H,3H2,1-2H3/t4-,5-,6+/m0/s1. The van der Waals surface area contributed by atoms with E-state index in [0.717, 1.165) is 0 Å². The summed E-state index contributed by atoms with van der Waals surface area (Å²) in [7, 11) is -5.94. The minimum absolute atomic E-state index is 0.251. The number of hydrogen-bond donors (Lipinski definition) is 0. The van der Waals surface area contributed by atoms with Gasteiger partial charge in [0.25, 0.3) is 0 Å². The zero-order valence-electron chi connectivity index (χ0n) is 10.3. The second-order valence-electron chi connectivity index (χ2n) is 4.69. The van der Waals surface area contributed by atoms with Crippen molar-refractivity contribution in [3.05, 3.63) is 0 Å². The molecule has 2 fully saturated rings. The van der Waals surface area contributed by atoms with E-state index in [2.05, 4.69) is 8.92 Å². The average molecular weight is 320 g/mol. The Labute approximate surface area is 112 Å². The van der Waals surface area contributed by atoms with Crippen molar-refractivity contribution in [2.24, 2.45) is 0 Å². The first-order valence-electron chi connectivity index (χ1n) is 5.45. The molecule has 0 bridgehead atoms. The first-order valence-corrected chi connectivity index (χ1v) is 6.86. The predicted molar refractivity (Wildman–Crippen MR) is 54.6 cm³/mol. The summed E-state index contributed by atoms with van der Waals surface area (Å²) in [6, 6.07) is 0. The van der Waals surface area contributed by atoms with Crippen molar-refractivity contribution < 1.29 is 44.8 Å². The van der Waals surface area contributed by atoms with Gasteiger partial charge in [-0.3, -0.25) is 0 Å². The summed E-state index contributed by atoms with van der Waals surface area (Å²) in [6.45, 7) is 2.68. The SMILES string of the molecule is CC1(C)O[C@H]2[C@H](COC(=O)[C@@H]2OS(=O)(=O)C(F)(F)F)O1. The predicted octanol–water partition coefficient (Wildman–Crippen LogP) is 0.298. The van der Waals surface area contributed by atoms with Crippen molar-refractivity contribution in [3.63, 3.8) is 0 Å². The van der Waals surface area contributed by atoms with Gasteiger partial charge in [0.1, 0.15) is 18.8 Å². The molecule has 2 saturated heterocycles. The number of carbonyl (C=O) groups excluding carboxylic acids is 1. The molecule has 2 rings (SSSR count). The van der Waals surface area contributed by atoms with Crippen LogP contribution in [0.1, 0.15) is 13.8 Å². The van der Waals surface area contributed by atoms with Crippen LogP contribution in [0.15, 0.2) is 0 Å². The van der Waals surface area contributed by atoms with Crippen LogP contribution in [0.5, 0.6) is 0 Å². The van der Waals surface area contributed by atoms with Crippen molar-refractivity contribution in [1.29, 1.82) is 0 Å². The number of rotatable bonds is 2. The molecule has 0 unspecified atom stereocenters. The molecule has 0 N–H and O–H groups in total. The maximum atomic E-state index is 12.3. The van der Waals surface area contributed by atoms with Crippen LogP contribution in [-0.2, 0) is 33.3 Å². The molecule has 2 aliphatic heterocycles. The molecule has 2 aliphatic rings. The lowest BCUT2D eigenvalue weighted by Crippen LogP contribution is -2.52. The molecule has 0 aromatic heterocycles. The van der Waals surface area contributed by atoms with Crippen LogP contribution in [-0.4, -0.2) is 50.6 Å². The molecule has 7 nitrogen and oxygen atoms in total. The largest absolute Gasteiger partial charge is 0.523 e. The molecule has 11 heteroatoms. The van der Waals surface area contributed by atoms with E-state index in [1.54, 1.807) is 0 Å². The number of carbonyl (C=O) groups is 1. The fourth-order valence-corrected chi connectivity index (χ4v) is 2.48. The maximum Gasteiger partial charge on any atom is 0.523 e. The van der Waals surface area contributed by atoms with E-state index in [9.17, 15) is 26.4 Å². The lowest BCUT2D eigenvalue weighted by molar-refractivity contribution is -0.172. The zero-order valence-corrected chi connectivity index (χ0v) is 11.2. The Morgan fingerprint density at radius 3 is 2.45 bits per heavy atom. The fourth-order valence-electron chi connectivity index (χ4n) is 1.91. The van der Waals surface area contributed by atoms with Gasteiger partial charge in [-0.15, -0.1) is 0 Å². The van der Waals surface area contributed by atoms with Crippen LogP contribution in [0, 0.1) is 0 Å². The molecule has 0 amide bonds.